The van der Waals surface area contributed by atoms with Crippen LogP contribution in [0.4, 0.5) is 0 Å². The average Bonchev–Trinajstić information content (AvgIpc) is 2.05. The maximum Gasteiger partial charge on any atom is 0.154 e. The van der Waals surface area contributed by atoms with Gasteiger partial charge >= 0.3 is 0 Å². The molecule has 0 aliphatic rings. The fourth-order valence-electron chi connectivity index (χ4n) is 0.758. The highest BCUT2D eigenvalue weighted by Gasteiger charge is 1.95. The van der Waals surface area contributed by atoms with E-state index in [1.54, 1.807) is 0 Å². The predicted molar refractivity (Wildman–Crippen MR) is 46.1 cm³/mol. The van der Waals surface area contributed by atoms with Gasteiger partial charge in [-0.05, 0) is 24.5 Å². The summed E-state index contributed by atoms with van der Waals surface area (Å²) in [5.74, 6) is 0.738. The minimum Gasteiger partial charge on any atom is -0.237 e. The number of hydrogen-bond donors (Lipinski definition) is 0. The van der Waals surface area contributed by atoms with Gasteiger partial charge in [0.2, 0.25) is 0 Å². The van der Waals surface area contributed by atoms with E-state index in [0.29, 0.717) is 0 Å². The van der Waals surface area contributed by atoms with E-state index in [2.05, 4.69) is 23.5 Å². The number of aromatic nitrogens is 2. The minimum atomic E-state index is 0.738. The topological polar surface area (TPSA) is 25.8 Å². The van der Waals surface area contributed by atoms with Gasteiger partial charge in [0.25, 0.3) is 0 Å². The Morgan fingerprint density at radius 3 is 2.36 bits per heavy atom. The fourth-order valence-corrected chi connectivity index (χ4v) is 0.758. The van der Waals surface area contributed by atoms with Crippen LogP contribution >= 0.6 is 0 Å². The van der Waals surface area contributed by atoms with E-state index in [9.17, 15) is 0 Å². The highest BCUT2D eigenvalue weighted by Crippen LogP contribution is 2.04. The average molecular weight is 148 g/mol. The van der Waals surface area contributed by atoms with Crippen molar-refractivity contribution in [2.75, 3.05) is 0 Å². The summed E-state index contributed by atoms with van der Waals surface area (Å²) < 4.78 is 0. The third kappa shape index (κ3) is 1.87. The van der Waals surface area contributed by atoms with Crippen LogP contribution in [0.3, 0.4) is 0 Å². The van der Waals surface area contributed by atoms with Crippen LogP contribution in [-0.4, -0.2) is 9.97 Å². The molecule has 1 aromatic heterocycles. The second kappa shape index (κ2) is 3.28. The number of nitrogens with zero attached hydrogens (tertiary/aromatic N) is 2. The van der Waals surface area contributed by atoms with Crippen molar-refractivity contribution in [1.82, 2.24) is 9.97 Å². The lowest BCUT2D eigenvalue weighted by molar-refractivity contribution is 1.02. The van der Waals surface area contributed by atoms with E-state index < -0.39 is 0 Å². The summed E-state index contributed by atoms with van der Waals surface area (Å²) in [5.41, 5.74) is 2.07. The monoisotopic (exact) mass is 148 g/mol. The Morgan fingerprint density at radius 2 is 2.00 bits per heavy atom. The first-order chi connectivity index (χ1) is 5.24. The van der Waals surface area contributed by atoms with E-state index in [1.807, 2.05) is 19.3 Å². The Kier molecular flexibility index (Phi) is 2.36. The Morgan fingerprint density at radius 1 is 1.45 bits per heavy atom. The zero-order valence-corrected chi connectivity index (χ0v) is 6.96. The molecule has 0 unspecified atom stereocenters. The van der Waals surface area contributed by atoms with Gasteiger partial charge in [0, 0.05) is 12.4 Å². The Balaban J connectivity index is 2.91. The summed E-state index contributed by atoms with van der Waals surface area (Å²) >= 11 is 0. The van der Waals surface area contributed by atoms with Crippen molar-refractivity contribution in [2.45, 2.75) is 20.3 Å². The van der Waals surface area contributed by atoms with Gasteiger partial charge in [-0.15, -0.1) is 0 Å². The molecule has 1 rings (SSSR count). The Labute approximate surface area is 67.0 Å². The van der Waals surface area contributed by atoms with E-state index in [-0.39, 0.29) is 0 Å². The second-order valence-electron chi connectivity index (χ2n) is 2.55. The SMILES string of the molecule is C=C(C)c1ncc(CC)cn1. The molecule has 0 radical (unpaired) electrons. The normalized spacial score (nSPS) is 9.64. The van der Waals surface area contributed by atoms with E-state index in [0.717, 1.165) is 23.4 Å². The van der Waals surface area contributed by atoms with E-state index in [4.69, 9.17) is 0 Å². The molecule has 0 spiro atoms. The number of aryl methyl sites for hydroxylation is 1. The molecule has 0 aromatic carbocycles. The van der Waals surface area contributed by atoms with Gasteiger partial charge in [0.05, 0.1) is 0 Å². The van der Waals surface area contributed by atoms with Gasteiger partial charge in [0.15, 0.2) is 5.82 Å². The van der Waals surface area contributed by atoms with Crippen LogP contribution in [0.2, 0.25) is 0 Å². The Bertz CT molecular complexity index is 249. The molecule has 0 amide bonds. The molecule has 0 atom stereocenters. The molecule has 0 saturated heterocycles. The first kappa shape index (κ1) is 7.92. The molecule has 0 saturated carbocycles. The molecule has 2 heteroatoms. The standard InChI is InChI=1S/C9H12N2/c1-4-8-5-10-9(7(2)3)11-6-8/h5-6H,2,4H2,1,3H3. The van der Waals surface area contributed by atoms with Gasteiger partial charge in [-0.25, -0.2) is 9.97 Å². The number of hydrogen-bond acceptors (Lipinski definition) is 2. The highest BCUT2D eigenvalue weighted by molar-refractivity contribution is 5.53. The van der Waals surface area contributed by atoms with Crippen LogP contribution in [0.5, 0.6) is 0 Å². The van der Waals surface area contributed by atoms with Gasteiger partial charge in [0.1, 0.15) is 0 Å². The molecule has 58 valence electrons. The van der Waals surface area contributed by atoms with E-state index in [1.165, 1.54) is 0 Å². The summed E-state index contributed by atoms with van der Waals surface area (Å²) in [6, 6.07) is 0. The largest absolute Gasteiger partial charge is 0.237 e. The van der Waals surface area contributed by atoms with Crippen LogP contribution in [-0.2, 0) is 6.42 Å². The highest BCUT2D eigenvalue weighted by atomic mass is 14.9. The number of rotatable bonds is 2. The van der Waals surface area contributed by atoms with Crippen LogP contribution in [0.25, 0.3) is 5.57 Å². The summed E-state index contributed by atoms with van der Waals surface area (Å²) in [4.78, 5) is 8.28. The van der Waals surface area contributed by atoms with Crippen molar-refractivity contribution in [3.63, 3.8) is 0 Å². The zero-order valence-electron chi connectivity index (χ0n) is 6.96. The molecule has 2 nitrogen and oxygen atoms in total. The Hall–Kier alpha value is -1.18. The van der Waals surface area contributed by atoms with Gasteiger partial charge in [-0.2, -0.15) is 0 Å². The maximum atomic E-state index is 4.14. The summed E-state index contributed by atoms with van der Waals surface area (Å²) in [7, 11) is 0. The lowest BCUT2D eigenvalue weighted by atomic mass is 10.2. The molecule has 0 fully saturated rings. The second-order valence-corrected chi connectivity index (χ2v) is 2.55. The lowest BCUT2D eigenvalue weighted by Gasteiger charge is -1.97. The van der Waals surface area contributed by atoms with Crippen molar-refractivity contribution >= 4 is 5.57 Å². The molecule has 0 aliphatic carbocycles. The van der Waals surface area contributed by atoms with Gasteiger partial charge in [-0.1, -0.05) is 13.5 Å². The molecule has 0 N–H and O–H groups in total. The maximum absolute atomic E-state index is 4.14. The first-order valence-corrected chi connectivity index (χ1v) is 3.71. The molecular weight excluding hydrogens is 136 g/mol. The smallest absolute Gasteiger partial charge is 0.154 e. The summed E-state index contributed by atoms with van der Waals surface area (Å²) in [6.07, 6.45) is 4.67. The third-order valence-electron chi connectivity index (χ3n) is 1.50. The van der Waals surface area contributed by atoms with Crippen molar-refractivity contribution < 1.29 is 0 Å². The molecule has 1 heterocycles. The van der Waals surface area contributed by atoms with Crippen LogP contribution < -0.4 is 0 Å². The van der Waals surface area contributed by atoms with Crippen molar-refractivity contribution in [1.29, 1.82) is 0 Å². The first-order valence-electron chi connectivity index (χ1n) is 3.71. The van der Waals surface area contributed by atoms with Crippen LogP contribution in [0.15, 0.2) is 19.0 Å². The quantitative estimate of drug-likeness (QED) is 0.641. The lowest BCUT2D eigenvalue weighted by Crippen LogP contribution is -1.92. The molecular formula is C9H12N2. The zero-order chi connectivity index (χ0) is 8.27. The number of allylic oxidation sites excluding steroid dienone is 1. The van der Waals surface area contributed by atoms with Crippen LogP contribution in [0, 0.1) is 0 Å². The van der Waals surface area contributed by atoms with Crippen molar-refractivity contribution in [3.8, 4) is 0 Å². The third-order valence-corrected chi connectivity index (χ3v) is 1.50. The predicted octanol–water partition coefficient (Wildman–Crippen LogP) is 2.07. The molecule has 1 aromatic rings. The van der Waals surface area contributed by atoms with E-state index >= 15 is 0 Å². The van der Waals surface area contributed by atoms with Crippen molar-refractivity contribution in [2.24, 2.45) is 0 Å². The molecule has 0 aliphatic heterocycles. The fraction of sp³-hybridized carbons (Fsp3) is 0.333. The summed E-state index contributed by atoms with van der Waals surface area (Å²) in [5, 5.41) is 0. The van der Waals surface area contributed by atoms with Gasteiger partial charge in [-0.3, -0.25) is 0 Å². The molecule has 11 heavy (non-hydrogen) atoms. The summed E-state index contributed by atoms with van der Waals surface area (Å²) in [6.45, 7) is 7.74. The van der Waals surface area contributed by atoms with Crippen LogP contribution in [0.1, 0.15) is 25.2 Å². The van der Waals surface area contributed by atoms with Crippen molar-refractivity contribution in [3.05, 3.63) is 30.4 Å². The molecule has 0 bridgehead atoms. The van der Waals surface area contributed by atoms with Gasteiger partial charge < -0.3 is 0 Å². The minimum absolute atomic E-state index is 0.738.